The van der Waals surface area contributed by atoms with Crippen molar-refractivity contribution >= 4 is 28.2 Å². The third kappa shape index (κ3) is 5.74. The lowest BCUT2D eigenvalue weighted by atomic mass is 10.0. The van der Waals surface area contributed by atoms with Crippen LogP contribution in [0.5, 0.6) is 6.01 Å². The van der Waals surface area contributed by atoms with Gasteiger partial charge >= 0.3 is 6.01 Å². The number of carbonyl (C=O) groups is 1. The van der Waals surface area contributed by atoms with E-state index < -0.39 is 0 Å². The second-order valence-corrected chi connectivity index (χ2v) is 11.4. The zero-order valence-corrected chi connectivity index (χ0v) is 24.3. The van der Waals surface area contributed by atoms with Gasteiger partial charge in [-0.05, 0) is 44.7 Å². The molecule has 1 aromatic carbocycles. The van der Waals surface area contributed by atoms with Crippen LogP contribution >= 0.6 is 0 Å². The van der Waals surface area contributed by atoms with Gasteiger partial charge in [0.2, 0.25) is 12.5 Å². The van der Waals surface area contributed by atoms with Gasteiger partial charge in [0.05, 0.1) is 36.3 Å². The summed E-state index contributed by atoms with van der Waals surface area (Å²) < 4.78 is 12.1. The van der Waals surface area contributed by atoms with Crippen LogP contribution in [0.4, 0.5) is 11.5 Å². The van der Waals surface area contributed by atoms with E-state index in [1.54, 1.807) is 4.90 Å². The van der Waals surface area contributed by atoms with E-state index in [9.17, 15) is 4.79 Å². The zero-order valence-electron chi connectivity index (χ0n) is 24.3. The maximum Gasteiger partial charge on any atom is 0.318 e. The van der Waals surface area contributed by atoms with Gasteiger partial charge in [-0.1, -0.05) is 24.8 Å². The Bertz CT molecular complexity index is 1530. The Morgan fingerprint density at radius 3 is 2.86 bits per heavy atom. The van der Waals surface area contributed by atoms with E-state index in [-0.39, 0.29) is 24.6 Å². The number of ether oxygens (including phenoxy) is 2. The second-order valence-electron chi connectivity index (χ2n) is 11.4. The fourth-order valence-electron chi connectivity index (χ4n) is 6.04. The standard InChI is InChI=1S/C32H37N7O3/c1-5-29(40)39-14-13-38(18-24(39)16-33-4)31-26-11-12-37(28-17-34-15-23-8-6-7-21(2)30(23)28)19-27(26)35-32(36-31)41-20-22(3)42-25-9-10-25/h5-8,15,17,22,24-25H,1,9-14,16,18-20H2,2-3H3/t22-,24-/m0/s1. The summed E-state index contributed by atoms with van der Waals surface area (Å²) in [6.07, 6.45) is 8.44. The van der Waals surface area contributed by atoms with Gasteiger partial charge in [0.25, 0.3) is 0 Å². The first kappa shape index (κ1) is 27.9. The average molecular weight is 568 g/mol. The minimum absolute atomic E-state index is 0.0571. The smallest absolute Gasteiger partial charge is 0.318 e. The second kappa shape index (κ2) is 11.9. The molecular formula is C32H37N7O3. The summed E-state index contributed by atoms with van der Waals surface area (Å²) in [5.74, 6) is 0.689. The molecule has 3 aliphatic rings. The van der Waals surface area contributed by atoms with E-state index in [4.69, 9.17) is 26.0 Å². The van der Waals surface area contributed by atoms with E-state index in [1.807, 2.05) is 19.3 Å². The highest BCUT2D eigenvalue weighted by atomic mass is 16.5. The molecule has 3 aromatic rings. The van der Waals surface area contributed by atoms with E-state index in [0.717, 1.165) is 54.0 Å². The third-order valence-corrected chi connectivity index (χ3v) is 8.27. The zero-order chi connectivity index (χ0) is 29.2. The number of rotatable bonds is 9. The van der Waals surface area contributed by atoms with Crippen molar-refractivity contribution in [2.24, 2.45) is 0 Å². The predicted octanol–water partition coefficient (Wildman–Crippen LogP) is 3.96. The molecule has 0 unspecified atom stereocenters. The van der Waals surface area contributed by atoms with Crippen molar-refractivity contribution in [2.75, 3.05) is 49.1 Å². The Morgan fingerprint density at radius 1 is 1.21 bits per heavy atom. The molecule has 1 amide bonds. The summed E-state index contributed by atoms with van der Waals surface area (Å²) in [5.41, 5.74) is 4.33. The number of benzene rings is 1. The molecule has 10 heteroatoms. The van der Waals surface area contributed by atoms with Crippen LogP contribution in [0.2, 0.25) is 0 Å². The van der Waals surface area contributed by atoms with Crippen LogP contribution in [-0.4, -0.2) is 83.3 Å². The number of hydrogen-bond acceptors (Lipinski definition) is 8. The number of fused-ring (bicyclic) bond motifs is 2. The third-order valence-electron chi connectivity index (χ3n) is 8.27. The van der Waals surface area contributed by atoms with Crippen LogP contribution in [0.15, 0.2) is 43.2 Å². The minimum Gasteiger partial charge on any atom is -0.461 e. The Labute approximate surface area is 246 Å². The molecule has 0 spiro atoms. The Kier molecular flexibility index (Phi) is 7.94. The van der Waals surface area contributed by atoms with Gasteiger partial charge in [0.15, 0.2) is 0 Å². The number of anilines is 2. The topological polar surface area (TPSA) is 88.3 Å². The molecule has 218 valence electrons. The van der Waals surface area contributed by atoms with E-state index in [2.05, 4.69) is 51.3 Å². The highest BCUT2D eigenvalue weighted by Gasteiger charge is 2.35. The lowest BCUT2D eigenvalue weighted by Crippen LogP contribution is -2.56. The van der Waals surface area contributed by atoms with Crippen LogP contribution in [0.3, 0.4) is 0 Å². The fourth-order valence-corrected chi connectivity index (χ4v) is 6.04. The van der Waals surface area contributed by atoms with Crippen LogP contribution in [-0.2, 0) is 22.5 Å². The normalized spacial score (nSPS) is 19.3. The summed E-state index contributed by atoms with van der Waals surface area (Å²) in [4.78, 5) is 36.8. The molecule has 1 saturated carbocycles. The van der Waals surface area contributed by atoms with Gasteiger partial charge in [-0.2, -0.15) is 9.97 Å². The van der Waals surface area contributed by atoms with E-state index >= 15 is 0 Å². The first-order valence-corrected chi connectivity index (χ1v) is 14.7. The van der Waals surface area contributed by atoms with Crippen LogP contribution < -0.4 is 14.5 Å². The van der Waals surface area contributed by atoms with Crippen molar-refractivity contribution in [3.05, 3.63) is 71.5 Å². The van der Waals surface area contributed by atoms with Crippen molar-refractivity contribution in [2.45, 2.75) is 57.9 Å². The van der Waals surface area contributed by atoms with Gasteiger partial charge in [0.1, 0.15) is 18.5 Å². The first-order valence-electron chi connectivity index (χ1n) is 14.7. The van der Waals surface area contributed by atoms with Gasteiger partial charge in [0, 0.05) is 48.7 Å². The van der Waals surface area contributed by atoms with Gasteiger partial charge in [-0.25, -0.2) is 6.57 Å². The highest BCUT2D eigenvalue weighted by Crippen LogP contribution is 2.35. The summed E-state index contributed by atoms with van der Waals surface area (Å²) in [7, 11) is 0. The molecular weight excluding hydrogens is 530 g/mol. The predicted molar refractivity (Wildman–Crippen MR) is 162 cm³/mol. The lowest BCUT2D eigenvalue weighted by molar-refractivity contribution is -0.128. The number of piperazine rings is 1. The molecule has 0 radical (unpaired) electrons. The molecule has 2 atom stereocenters. The van der Waals surface area contributed by atoms with Crippen LogP contribution in [0, 0.1) is 13.5 Å². The molecule has 42 heavy (non-hydrogen) atoms. The molecule has 0 bridgehead atoms. The number of carbonyl (C=O) groups excluding carboxylic acids is 1. The fraction of sp³-hybridized carbons (Fsp3) is 0.469. The van der Waals surface area contributed by atoms with Crippen molar-refractivity contribution < 1.29 is 14.3 Å². The molecule has 2 aromatic heterocycles. The lowest BCUT2D eigenvalue weighted by Gasteiger charge is -2.41. The SMILES string of the molecule is [C-]#[N+]C[C@H]1CN(c2nc(OC[C@H](C)OC3CC3)nc3c2CCN(c2cncc4cccc(C)c24)C3)CCN1C(=O)C=C. The van der Waals surface area contributed by atoms with Crippen LogP contribution in [0.1, 0.15) is 36.6 Å². The molecule has 0 N–H and O–H groups in total. The van der Waals surface area contributed by atoms with Crippen LogP contribution in [0.25, 0.3) is 15.6 Å². The van der Waals surface area contributed by atoms with Gasteiger partial charge in [-0.3, -0.25) is 9.78 Å². The van der Waals surface area contributed by atoms with E-state index in [0.29, 0.717) is 44.9 Å². The quantitative estimate of drug-likeness (QED) is 0.284. The van der Waals surface area contributed by atoms with Gasteiger partial charge < -0.3 is 29.0 Å². The summed E-state index contributed by atoms with van der Waals surface area (Å²) in [5, 5.41) is 2.32. The summed E-state index contributed by atoms with van der Waals surface area (Å²) >= 11 is 0. The van der Waals surface area contributed by atoms with Crippen molar-refractivity contribution in [1.29, 1.82) is 0 Å². The highest BCUT2D eigenvalue weighted by molar-refractivity contribution is 5.96. The minimum atomic E-state index is -0.242. The van der Waals surface area contributed by atoms with E-state index in [1.165, 1.54) is 17.0 Å². The molecule has 10 nitrogen and oxygen atoms in total. The molecule has 1 aliphatic carbocycles. The van der Waals surface area contributed by atoms with Crippen molar-refractivity contribution in [3.63, 3.8) is 0 Å². The maximum atomic E-state index is 12.5. The Hall–Kier alpha value is -4.23. The maximum absolute atomic E-state index is 12.5. The first-order chi connectivity index (χ1) is 20.4. The van der Waals surface area contributed by atoms with Crippen molar-refractivity contribution in [3.8, 4) is 6.01 Å². The monoisotopic (exact) mass is 567 g/mol. The summed E-state index contributed by atoms with van der Waals surface area (Å²) in [6, 6.07) is 6.39. The molecule has 1 saturated heterocycles. The number of aryl methyl sites for hydroxylation is 1. The van der Waals surface area contributed by atoms with Crippen molar-refractivity contribution in [1.82, 2.24) is 19.9 Å². The number of pyridine rings is 1. The Morgan fingerprint density at radius 2 is 2.07 bits per heavy atom. The number of nitrogens with zero attached hydrogens (tertiary/aromatic N) is 7. The summed E-state index contributed by atoms with van der Waals surface area (Å²) in [6.45, 7) is 18.9. The molecule has 2 fully saturated rings. The Balaban J connectivity index is 1.32. The largest absolute Gasteiger partial charge is 0.461 e. The molecule has 2 aliphatic heterocycles. The molecule has 6 rings (SSSR count). The molecule has 4 heterocycles. The average Bonchev–Trinajstić information content (AvgIpc) is 3.83. The van der Waals surface area contributed by atoms with Gasteiger partial charge in [-0.15, -0.1) is 0 Å². The number of hydrogen-bond donors (Lipinski definition) is 0. The number of amides is 1. The number of aromatic nitrogens is 3.